The second kappa shape index (κ2) is 4.33. The van der Waals surface area contributed by atoms with E-state index in [1.807, 2.05) is 12.1 Å². The van der Waals surface area contributed by atoms with Gasteiger partial charge in [-0.3, -0.25) is 0 Å². The predicted molar refractivity (Wildman–Crippen MR) is 60.6 cm³/mol. The lowest BCUT2D eigenvalue weighted by Crippen LogP contribution is -2.24. The second-order valence-electron chi connectivity index (χ2n) is 4.17. The Bertz CT molecular complexity index is 305. The van der Waals surface area contributed by atoms with Crippen LogP contribution in [0.1, 0.15) is 30.7 Å². The summed E-state index contributed by atoms with van der Waals surface area (Å²) in [6.07, 6.45) is 3.76. The van der Waals surface area contributed by atoms with E-state index in [1.54, 1.807) is 0 Å². The molecule has 1 nitrogen and oxygen atoms in total. The van der Waals surface area contributed by atoms with Crippen molar-refractivity contribution in [2.24, 2.45) is 11.7 Å². The fourth-order valence-corrected chi connectivity index (χ4v) is 2.44. The van der Waals surface area contributed by atoms with Crippen molar-refractivity contribution in [1.29, 1.82) is 0 Å². The summed E-state index contributed by atoms with van der Waals surface area (Å²) in [4.78, 5) is 0. The number of nitrogens with two attached hydrogens (primary N) is 1. The lowest BCUT2D eigenvalue weighted by molar-refractivity contribution is 0.251. The number of hydrogen-bond donors (Lipinski definition) is 1. The molecule has 1 saturated carbocycles. The van der Waals surface area contributed by atoms with E-state index >= 15 is 0 Å². The Labute approximate surface area is 90.3 Å². The van der Waals surface area contributed by atoms with Crippen molar-refractivity contribution in [3.05, 3.63) is 34.9 Å². The van der Waals surface area contributed by atoms with Crippen LogP contribution in [0.5, 0.6) is 0 Å². The monoisotopic (exact) mass is 209 g/mol. The number of hydrogen-bond acceptors (Lipinski definition) is 1. The van der Waals surface area contributed by atoms with Crippen LogP contribution in [0.2, 0.25) is 5.02 Å². The van der Waals surface area contributed by atoms with Gasteiger partial charge in [-0.25, -0.2) is 0 Å². The average molecular weight is 210 g/mol. The summed E-state index contributed by atoms with van der Waals surface area (Å²) in [5.74, 6) is 1.58. The maximum absolute atomic E-state index is 5.95. The molecule has 0 unspecified atom stereocenters. The molecule has 0 saturated heterocycles. The van der Waals surface area contributed by atoms with Gasteiger partial charge in [0.1, 0.15) is 0 Å². The van der Waals surface area contributed by atoms with Crippen LogP contribution >= 0.6 is 11.6 Å². The molecular formula is C12H16ClN. The van der Waals surface area contributed by atoms with Crippen LogP contribution in [0.15, 0.2) is 24.3 Å². The van der Waals surface area contributed by atoms with Crippen molar-refractivity contribution in [3.63, 3.8) is 0 Å². The Morgan fingerprint density at radius 3 is 2.79 bits per heavy atom. The van der Waals surface area contributed by atoms with Crippen molar-refractivity contribution in [2.75, 3.05) is 6.54 Å². The van der Waals surface area contributed by atoms with E-state index in [0.717, 1.165) is 23.4 Å². The molecule has 2 rings (SSSR count). The summed E-state index contributed by atoms with van der Waals surface area (Å²) in [6, 6.07) is 8.23. The Morgan fingerprint density at radius 2 is 2.14 bits per heavy atom. The number of rotatable bonds is 3. The zero-order valence-electron chi connectivity index (χ0n) is 8.25. The number of benzene rings is 1. The van der Waals surface area contributed by atoms with E-state index in [1.165, 1.54) is 24.8 Å². The summed E-state index contributed by atoms with van der Waals surface area (Å²) >= 11 is 5.95. The van der Waals surface area contributed by atoms with Crippen LogP contribution in [0.4, 0.5) is 0 Å². The second-order valence-corrected chi connectivity index (χ2v) is 4.60. The van der Waals surface area contributed by atoms with Crippen LogP contribution in [0.25, 0.3) is 0 Å². The van der Waals surface area contributed by atoms with Crippen molar-refractivity contribution in [2.45, 2.75) is 25.2 Å². The molecule has 0 aromatic heterocycles. The maximum atomic E-state index is 5.95. The van der Waals surface area contributed by atoms with Crippen molar-refractivity contribution < 1.29 is 0 Å². The lowest BCUT2D eigenvalue weighted by Gasteiger charge is -2.35. The predicted octanol–water partition coefficient (Wildman–Crippen LogP) is 3.18. The highest BCUT2D eigenvalue weighted by Gasteiger charge is 2.29. The molecule has 1 aromatic rings. The molecule has 0 spiro atoms. The minimum Gasteiger partial charge on any atom is -0.330 e. The molecule has 0 atom stereocenters. The molecule has 1 aromatic carbocycles. The first kappa shape index (κ1) is 10.0. The Balaban J connectivity index is 1.93. The molecule has 0 radical (unpaired) electrons. The van der Waals surface area contributed by atoms with Crippen molar-refractivity contribution in [1.82, 2.24) is 0 Å². The molecular weight excluding hydrogens is 194 g/mol. The molecule has 0 heterocycles. The smallest absolute Gasteiger partial charge is 0.0408 e. The van der Waals surface area contributed by atoms with Gasteiger partial charge < -0.3 is 5.73 Å². The first-order valence-corrected chi connectivity index (χ1v) is 5.63. The minimum atomic E-state index is 0.727. The van der Waals surface area contributed by atoms with Gasteiger partial charge in [-0.15, -0.1) is 0 Å². The van der Waals surface area contributed by atoms with Crippen LogP contribution < -0.4 is 5.73 Å². The summed E-state index contributed by atoms with van der Waals surface area (Å²) < 4.78 is 0. The summed E-state index contributed by atoms with van der Waals surface area (Å²) in [5, 5.41) is 0.852. The topological polar surface area (TPSA) is 26.0 Å². The largest absolute Gasteiger partial charge is 0.330 e. The van der Waals surface area contributed by atoms with Gasteiger partial charge in [0, 0.05) is 5.02 Å². The normalized spacial score (nSPS) is 25.9. The first-order chi connectivity index (χ1) is 6.79. The van der Waals surface area contributed by atoms with Crippen LogP contribution in [-0.2, 0) is 0 Å². The van der Waals surface area contributed by atoms with E-state index in [9.17, 15) is 0 Å². The highest BCUT2D eigenvalue weighted by Crippen LogP contribution is 2.43. The van der Waals surface area contributed by atoms with Crippen LogP contribution in [-0.4, -0.2) is 6.54 Å². The van der Waals surface area contributed by atoms with E-state index in [2.05, 4.69) is 12.1 Å². The third kappa shape index (κ3) is 2.10. The third-order valence-electron chi connectivity index (χ3n) is 3.13. The lowest BCUT2D eigenvalue weighted by atomic mass is 9.70. The molecule has 2 heteroatoms. The number of halogens is 1. The van der Waals surface area contributed by atoms with E-state index in [0.29, 0.717) is 0 Å². The van der Waals surface area contributed by atoms with Gasteiger partial charge in [0.15, 0.2) is 0 Å². The van der Waals surface area contributed by atoms with Gasteiger partial charge >= 0.3 is 0 Å². The minimum absolute atomic E-state index is 0.727. The Morgan fingerprint density at radius 1 is 1.36 bits per heavy atom. The van der Waals surface area contributed by atoms with Gasteiger partial charge in [-0.1, -0.05) is 23.7 Å². The van der Waals surface area contributed by atoms with Gasteiger partial charge in [-0.05, 0) is 55.3 Å². The van der Waals surface area contributed by atoms with Crippen LogP contribution in [0.3, 0.4) is 0 Å². The van der Waals surface area contributed by atoms with E-state index in [4.69, 9.17) is 17.3 Å². The molecule has 0 bridgehead atoms. The zero-order chi connectivity index (χ0) is 9.97. The summed E-state index contributed by atoms with van der Waals surface area (Å²) in [6.45, 7) is 0.826. The molecule has 1 aliphatic rings. The highest BCUT2D eigenvalue weighted by atomic mass is 35.5. The molecule has 2 N–H and O–H groups in total. The van der Waals surface area contributed by atoms with Crippen LogP contribution in [0, 0.1) is 5.92 Å². The zero-order valence-corrected chi connectivity index (χ0v) is 9.00. The molecule has 14 heavy (non-hydrogen) atoms. The van der Waals surface area contributed by atoms with Gasteiger partial charge in [0.25, 0.3) is 0 Å². The molecule has 1 fully saturated rings. The summed E-state index contributed by atoms with van der Waals surface area (Å²) in [7, 11) is 0. The standard InChI is InChI=1S/C12H16ClN/c13-12-3-1-2-10(8-12)11-6-9(7-11)4-5-14/h1-3,8-9,11H,4-7,14H2. The highest BCUT2D eigenvalue weighted by molar-refractivity contribution is 6.30. The summed E-state index contributed by atoms with van der Waals surface area (Å²) in [5.41, 5.74) is 6.92. The molecule has 0 aliphatic heterocycles. The van der Waals surface area contributed by atoms with E-state index < -0.39 is 0 Å². The maximum Gasteiger partial charge on any atom is 0.0408 e. The fraction of sp³-hybridized carbons (Fsp3) is 0.500. The molecule has 1 aliphatic carbocycles. The fourth-order valence-electron chi connectivity index (χ4n) is 2.24. The molecule has 76 valence electrons. The average Bonchev–Trinajstić information content (AvgIpc) is 2.10. The van der Waals surface area contributed by atoms with Gasteiger partial charge in [-0.2, -0.15) is 0 Å². The van der Waals surface area contributed by atoms with Gasteiger partial charge in [0.05, 0.1) is 0 Å². The third-order valence-corrected chi connectivity index (χ3v) is 3.37. The molecule has 0 amide bonds. The van der Waals surface area contributed by atoms with E-state index in [-0.39, 0.29) is 0 Å². The Hall–Kier alpha value is -0.530. The Kier molecular flexibility index (Phi) is 3.09. The first-order valence-electron chi connectivity index (χ1n) is 5.25. The quantitative estimate of drug-likeness (QED) is 0.813. The SMILES string of the molecule is NCCC1CC(c2cccc(Cl)c2)C1. The van der Waals surface area contributed by atoms with Crippen molar-refractivity contribution >= 4 is 11.6 Å². The van der Waals surface area contributed by atoms with Gasteiger partial charge in [0.2, 0.25) is 0 Å². The van der Waals surface area contributed by atoms with Crippen molar-refractivity contribution in [3.8, 4) is 0 Å².